The fraction of sp³-hybridized carbons (Fsp3) is 0.600. The average Bonchev–Trinajstić information content (AvgIpc) is 2.60. The molecule has 0 bridgehead atoms. The first-order valence-electron chi connectivity index (χ1n) is 5.32. The molecular weight excluding hydrogens is 192 g/mol. The average molecular weight is 208 g/mol. The highest BCUT2D eigenvalue weighted by molar-refractivity contribution is 5.92. The number of carbonyl (C=O) groups excluding carboxylic acids is 1. The van der Waals surface area contributed by atoms with Crippen molar-refractivity contribution in [2.24, 2.45) is 5.73 Å². The molecule has 1 aliphatic rings. The molecule has 1 aromatic rings. The number of hydrogen-bond acceptors (Lipinski definition) is 3. The van der Waals surface area contributed by atoms with Gasteiger partial charge in [-0.2, -0.15) is 0 Å². The van der Waals surface area contributed by atoms with Gasteiger partial charge in [-0.05, 0) is 19.3 Å². The molecule has 1 saturated carbocycles. The Bertz CT molecular complexity index is 343. The molecule has 1 aromatic heterocycles. The van der Waals surface area contributed by atoms with E-state index in [0.29, 0.717) is 24.8 Å². The lowest BCUT2D eigenvalue weighted by molar-refractivity contribution is 0.0912. The molecule has 1 amide bonds. The minimum Gasteiger partial charge on any atom is -0.348 e. The van der Waals surface area contributed by atoms with Crippen LogP contribution in [0.15, 0.2) is 12.5 Å². The van der Waals surface area contributed by atoms with Crippen molar-refractivity contribution in [2.75, 3.05) is 6.54 Å². The Labute approximate surface area is 88.7 Å². The highest BCUT2D eigenvalue weighted by atomic mass is 16.2. The third kappa shape index (κ3) is 2.36. The van der Waals surface area contributed by atoms with Gasteiger partial charge in [0, 0.05) is 25.3 Å². The first-order chi connectivity index (χ1) is 7.29. The van der Waals surface area contributed by atoms with Gasteiger partial charge in [0.1, 0.15) is 5.69 Å². The lowest BCUT2D eigenvalue weighted by atomic mass is 9.93. The van der Waals surface area contributed by atoms with Crippen molar-refractivity contribution >= 4 is 5.91 Å². The Morgan fingerprint density at radius 1 is 1.67 bits per heavy atom. The quantitative estimate of drug-likeness (QED) is 0.738. The third-order valence-corrected chi connectivity index (χ3v) is 2.69. The van der Waals surface area contributed by atoms with Crippen LogP contribution in [0.25, 0.3) is 0 Å². The highest BCUT2D eigenvalue weighted by Gasteiger charge is 2.20. The molecule has 5 nitrogen and oxygen atoms in total. The minimum atomic E-state index is -0.0736. The van der Waals surface area contributed by atoms with Crippen molar-refractivity contribution in [3.05, 3.63) is 18.2 Å². The molecule has 3 N–H and O–H groups in total. The van der Waals surface area contributed by atoms with E-state index in [1.807, 2.05) is 4.57 Å². The summed E-state index contributed by atoms with van der Waals surface area (Å²) in [5, 5.41) is 2.94. The normalized spacial score (nSPS) is 16.1. The molecule has 0 unspecified atom stereocenters. The Morgan fingerprint density at radius 3 is 3.07 bits per heavy atom. The molecule has 0 aliphatic heterocycles. The van der Waals surface area contributed by atoms with E-state index in [1.54, 1.807) is 12.5 Å². The van der Waals surface area contributed by atoms with Gasteiger partial charge >= 0.3 is 0 Å². The van der Waals surface area contributed by atoms with Crippen LogP contribution in [0, 0.1) is 0 Å². The number of rotatable bonds is 4. The number of hydrogen-bond donors (Lipinski definition) is 2. The largest absolute Gasteiger partial charge is 0.348 e. The summed E-state index contributed by atoms with van der Waals surface area (Å²) < 4.78 is 1.83. The Kier molecular flexibility index (Phi) is 3.01. The van der Waals surface area contributed by atoms with Crippen LogP contribution >= 0.6 is 0 Å². The topological polar surface area (TPSA) is 72.9 Å². The molecule has 1 aliphatic carbocycles. The Balaban J connectivity index is 1.92. The van der Waals surface area contributed by atoms with Crippen LogP contribution in [0.1, 0.15) is 29.8 Å². The van der Waals surface area contributed by atoms with Gasteiger partial charge in [-0.3, -0.25) is 4.79 Å². The summed E-state index contributed by atoms with van der Waals surface area (Å²) in [6, 6.07) is 0.358. The standard InChI is InChI=1S/C10H16N4O/c11-4-5-14-6-9(12-7-14)10(15)13-8-2-1-3-8/h6-8H,1-5,11H2,(H,13,15). The molecule has 5 heteroatoms. The van der Waals surface area contributed by atoms with Crippen LogP contribution in [0.4, 0.5) is 0 Å². The second-order valence-corrected chi connectivity index (χ2v) is 3.89. The van der Waals surface area contributed by atoms with Crippen LogP contribution in [0.2, 0.25) is 0 Å². The van der Waals surface area contributed by atoms with Crippen molar-refractivity contribution < 1.29 is 4.79 Å². The summed E-state index contributed by atoms with van der Waals surface area (Å²) >= 11 is 0. The fourth-order valence-corrected chi connectivity index (χ4v) is 1.56. The number of carbonyl (C=O) groups is 1. The van der Waals surface area contributed by atoms with Gasteiger partial charge < -0.3 is 15.6 Å². The zero-order valence-corrected chi connectivity index (χ0v) is 8.65. The fourth-order valence-electron chi connectivity index (χ4n) is 1.56. The molecule has 82 valence electrons. The van der Waals surface area contributed by atoms with Crippen LogP contribution in [0.3, 0.4) is 0 Å². The predicted octanol–water partition coefficient (Wildman–Crippen LogP) is 0.124. The molecule has 0 radical (unpaired) electrons. The summed E-state index contributed by atoms with van der Waals surface area (Å²) in [7, 11) is 0. The zero-order chi connectivity index (χ0) is 10.7. The SMILES string of the molecule is NCCn1cnc(C(=O)NC2CCC2)c1. The summed E-state index contributed by atoms with van der Waals surface area (Å²) in [4.78, 5) is 15.7. The van der Waals surface area contributed by atoms with Gasteiger partial charge in [0.15, 0.2) is 0 Å². The second-order valence-electron chi connectivity index (χ2n) is 3.89. The van der Waals surface area contributed by atoms with Gasteiger partial charge in [-0.15, -0.1) is 0 Å². The number of aromatic nitrogens is 2. The summed E-state index contributed by atoms with van der Waals surface area (Å²) in [5.41, 5.74) is 5.89. The first kappa shape index (κ1) is 10.2. The van der Waals surface area contributed by atoms with Crippen molar-refractivity contribution in [1.82, 2.24) is 14.9 Å². The number of imidazole rings is 1. The number of amides is 1. The van der Waals surface area contributed by atoms with E-state index in [2.05, 4.69) is 10.3 Å². The number of nitrogens with one attached hydrogen (secondary N) is 1. The number of nitrogens with two attached hydrogens (primary N) is 1. The molecule has 15 heavy (non-hydrogen) atoms. The van der Waals surface area contributed by atoms with E-state index >= 15 is 0 Å². The lowest BCUT2D eigenvalue weighted by Gasteiger charge is -2.25. The Hall–Kier alpha value is -1.36. The number of nitrogens with zero attached hydrogens (tertiary/aromatic N) is 2. The van der Waals surface area contributed by atoms with Crippen molar-refractivity contribution in [3.8, 4) is 0 Å². The van der Waals surface area contributed by atoms with Crippen LogP contribution in [0.5, 0.6) is 0 Å². The van der Waals surface area contributed by atoms with Gasteiger partial charge in [0.05, 0.1) is 6.33 Å². The molecule has 0 spiro atoms. The van der Waals surface area contributed by atoms with E-state index < -0.39 is 0 Å². The van der Waals surface area contributed by atoms with Crippen LogP contribution in [-0.2, 0) is 6.54 Å². The highest BCUT2D eigenvalue weighted by Crippen LogP contribution is 2.18. The second kappa shape index (κ2) is 4.44. The molecule has 2 rings (SSSR count). The van der Waals surface area contributed by atoms with E-state index in [1.165, 1.54) is 6.42 Å². The summed E-state index contributed by atoms with van der Waals surface area (Å²) in [6.45, 7) is 1.25. The molecule has 0 atom stereocenters. The maximum Gasteiger partial charge on any atom is 0.271 e. The Morgan fingerprint density at radius 2 is 2.47 bits per heavy atom. The molecule has 1 fully saturated rings. The molecule has 0 saturated heterocycles. The van der Waals surface area contributed by atoms with Gasteiger partial charge in [-0.25, -0.2) is 4.98 Å². The van der Waals surface area contributed by atoms with E-state index in [-0.39, 0.29) is 5.91 Å². The lowest BCUT2D eigenvalue weighted by Crippen LogP contribution is -2.39. The maximum absolute atomic E-state index is 11.6. The van der Waals surface area contributed by atoms with Crippen molar-refractivity contribution in [1.29, 1.82) is 0 Å². The van der Waals surface area contributed by atoms with Gasteiger partial charge in [-0.1, -0.05) is 0 Å². The zero-order valence-electron chi connectivity index (χ0n) is 8.65. The van der Waals surface area contributed by atoms with Crippen LogP contribution in [-0.4, -0.2) is 28.0 Å². The smallest absolute Gasteiger partial charge is 0.271 e. The van der Waals surface area contributed by atoms with Crippen molar-refractivity contribution in [2.45, 2.75) is 31.8 Å². The molecule has 1 heterocycles. The van der Waals surface area contributed by atoms with Gasteiger partial charge in [0.25, 0.3) is 5.91 Å². The first-order valence-corrected chi connectivity index (χ1v) is 5.32. The van der Waals surface area contributed by atoms with Gasteiger partial charge in [0.2, 0.25) is 0 Å². The third-order valence-electron chi connectivity index (χ3n) is 2.69. The maximum atomic E-state index is 11.6. The van der Waals surface area contributed by atoms with E-state index in [0.717, 1.165) is 12.8 Å². The minimum absolute atomic E-state index is 0.0736. The van der Waals surface area contributed by atoms with E-state index in [9.17, 15) is 4.79 Å². The summed E-state index contributed by atoms with van der Waals surface area (Å²) in [6.07, 6.45) is 6.78. The predicted molar refractivity (Wildman–Crippen MR) is 56.4 cm³/mol. The summed E-state index contributed by atoms with van der Waals surface area (Å²) in [5.74, 6) is -0.0736. The van der Waals surface area contributed by atoms with Crippen LogP contribution < -0.4 is 11.1 Å². The van der Waals surface area contributed by atoms with Crippen molar-refractivity contribution in [3.63, 3.8) is 0 Å². The molecule has 0 aromatic carbocycles. The van der Waals surface area contributed by atoms with E-state index in [4.69, 9.17) is 5.73 Å². The molecular formula is C10H16N4O. The monoisotopic (exact) mass is 208 g/mol.